The minimum atomic E-state index is -0.210. The third-order valence-corrected chi connectivity index (χ3v) is 6.62. The van der Waals surface area contributed by atoms with Crippen molar-refractivity contribution in [3.05, 3.63) is 0 Å². The first-order chi connectivity index (χ1) is 11.1. The van der Waals surface area contributed by atoms with E-state index in [1.807, 2.05) is 11.8 Å². The monoisotopic (exact) mass is 341 g/mol. The van der Waals surface area contributed by atoms with Gasteiger partial charge in [0.25, 0.3) is 0 Å². The van der Waals surface area contributed by atoms with E-state index in [4.69, 9.17) is 4.99 Å². The molecule has 0 heterocycles. The van der Waals surface area contributed by atoms with E-state index >= 15 is 0 Å². The first-order valence-corrected chi connectivity index (χ1v) is 10.6. The fourth-order valence-corrected chi connectivity index (χ4v) is 4.66. The van der Waals surface area contributed by atoms with E-state index in [-0.39, 0.29) is 11.5 Å². The summed E-state index contributed by atoms with van der Waals surface area (Å²) in [5, 5.41) is 18.1. The number of nitrogens with zero attached hydrogens (tertiary/aromatic N) is 1. The van der Waals surface area contributed by atoms with Gasteiger partial charge in [0.1, 0.15) is 0 Å². The maximum atomic E-state index is 10.3. The lowest BCUT2D eigenvalue weighted by molar-refractivity contribution is 0.00715. The molecule has 0 amide bonds. The Bertz CT molecular complexity index is 390. The van der Waals surface area contributed by atoms with Gasteiger partial charge in [-0.2, -0.15) is 11.8 Å². The Labute approximate surface area is 146 Å². The van der Waals surface area contributed by atoms with Gasteiger partial charge in [-0.15, -0.1) is 0 Å². The zero-order chi connectivity index (χ0) is 16.7. The van der Waals surface area contributed by atoms with E-state index in [1.165, 1.54) is 32.1 Å². The number of nitrogens with one attached hydrogen (secondary N) is 2. The molecule has 0 bridgehead atoms. The summed E-state index contributed by atoms with van der Waals surface area (Å²) in [5.74, 6) is 0.929. The molecular formula is C18H35N3OS. The number of aliphatic hydroxyl groups is 1. The summed E-state index contributed by atoms with van der Waals surface area (Å²) in [5.41, 5.74) is -0.0605. The molecule has 5 heteroatoms. The minimum Gasteiger partial charge on any atom is -0.392 e. The summed E-state index contributed by atoms with van der Waals surface area (Å²) in [4.78, 5) is 4.83. The van der Waals surface area contributed by atoms with Crippen molar-refractivity contribution in [1.82, 2.24) is 10.6 Å². The average molecular weight is 342 g/mol. The van der Waals surface area contributed by atoms with Gasteiger partial charge in [-0.3, -0.25) is 4.99 Å². The Kier molecular flexibility index (Phi) is 7.54. The smallest absolute Gasteiger partial charge is 0.191 e. The van der Waals surface area contributed by atoms with Gasteiger partial charge in [-0.1, -0.05) is 26.2 Å². The third-order valence-electron chi connectivity index (χ3n) is 5.52. The molecule has 0 aromatic carbocycles. The van der Waals surface area contributed by atoms with E-state index in [1.54, 1.807) is 0 Å². The van der Waals surface area contributed by atoms with Crippen LogP contribution in [0.4, 0.5) is 0 Å². The maximum absolute atomic E-state index is 10.3. The van der Waals surface area contributed by atoms with Crippen molar-refractivity contribution in [3.63, 3.8) is 0 Å². The molecule has 0 aromatic heterocycles. The summed E-state index contributed by atoms with van der Waals surface area (Å²) in [6, 6.07) is 0.531. The van der Waals surface area contributed by atoms with E-state index in [9.17, 15) is 5.11 Å². The van der Waals surface area contributed by atoms with Crippen LogP contribution in [0.3, 0.4) is 0 Å². The number of hydrogen-bond donors (Lipinski definition) is 3. The molecule has 0 aliphatic heterocycles. The molecule has 134 valence electrons. The van der Waals surface area contributed by atoms with Crippen LogP contribution >= 0.6 is 11.8 Å². The van der Waals surface area contributed by atoms with Crippen LogP contribution in [0.15, 0.2) is 4.99 Å². The van der Waals surface area contributed by atoms with Crippen LogP contribution in [-0.4, -0.2) is 47.8 Å². The molecule has 0 spiro atoms. The number of aliphatic hydroxyl groups excluding tert-OH is 1. The van der Waals surface area contributed by atoms with Gasteiger partial charge in [0.2, 0.25) is 0 Å². The first kappa shape index (κ1) is 18.9. The molecule has 2 rings (SSSR count). The molecule has 4 unspecified atom stereocenters. The van der Waals surface area contributed by atoms with Crippen LogP contribution < -0.4 is 10.6 Å². The molecule has 2 saturated carbocycles. The van der Waals surface area contributed by atoms with Gasteiger partial charge in [-0.25, -0.2) is 0 Å². The summed E-state index contributed by atoms with van der Waals surface area (Å²) in [6.07, 6.45) is 11.5. The Balaban J connectivity index is 1.94. The largest absolute Gasteiger partial charge is 0.392 e. The van der Waals surface area contributed by atoms with Crippen LogP contribution in [0, 0.1) is 5.41 Å². The van der Waals surface area contributed by atoms with Crippen LogP contribution in [0.1, 0.15) is 65.2 Å². The highest BCUT2D eigenvalue weighted by Gasteiger charge is 2.35. The molecule has 0 saturated heterocycles. The first-order valence-electron chi connectivity index (χ1n) is 9.33. The highest BCUT2D eigenvalue weighted by molar-refractivity contribution is 7.99. The second-order valence-corrected chi connectivity index (χ2v) is 8.61. The number of thioether (sulfide) groups is 1. The lowest BCUT2D eigenvalue weighted by atomic mass is 9.73. The second-order valence-electron chi connectivity index (χ2n) is 7.48. The Morgan fingerprint density at radius 1 is 1.26 bits per heavy atom. The van der Waals surface area contributed by atoms with Gasteiger partial charge in [0.15, 0.2) is 5.96 Å². The van der Waals surface area contributed by atoms with Crippen molar-refractivity contribution in [2.45, 2.75) is 82.6 Å². The molecule has 0 aromatic rings. The summed E-state index contributed by atoms with van der Waals surface area (Å²) in [7, 11) is 0. The topological polar surface area (TPSA) is 56.7 Å². The standard InChI is InChI=1S/C18H35N3OS/c1-4-19-17(21-14-8-7-9-15(12-14)23-3)20-13-18(2)11-6-5-10-16(18)22/h14-16,22H,4-13H2,1-3H3,(H2,19,20,21). The van der Waals surface area contributed by atoms with Crippen LogP contribution in [0.2, 0.25) is 0 Å². The molecule has 2 fully saturated rings. The highest BCUT2D eigenvalue weighted by atomic mass is 32.2. The van der Waals surface area contributed by atoms with Crippen molar-refractivity contribution in [2.75, 3.05) is 19.3 Å². The highest BCUT2D eigenvalue weighted by Crippen LogP contribution is 2.36. The van der Waals surface area contributed by atoms with Gasteiger partial charge in [-0.05, 0) is 45.3 Å². The number of guanidine groups is 1. The van der Waals surface area contributed by atoms with Crippen molar-refractivity contribution in [1.29, 1.82) is 0 Å². The molecule has 2 aliphatic carbocycles. The molecule has 23 heavy (non-hydrogen) atoms. The lowest BCUT2D eigenvalue weighted by Gasteiger charge is -2.37. The van der Waals surface area contributed by atoms with Gasteiger partial charge in [0.05, 0.1) is 12.6 Å². The van der Waals surface area contributed by atoms with Gasteiger partial charge >= 0.3 is 0 Å². The number of rotatable bonds is 5. The molecule has 2 aliphatic rings. The van der Waals surface area contributed by atoms with E-state index in [0.717, 1.165) is 37.0 Å². The van der Waals surface area contributed by atoms with E-state index < -0.39 is 0 Å². The summed E-state index contributed by atoms with van der Waals surface area (Å²) < 4.78 is 0. The van der Waals surface area contributed by atoms with Crippen LogP contribution in [-0.2, 0) is 0 Å². The normalized spacial score (nSPS) is 35.8. The van der Waals surface area contributed by atoms with Crippen LogP contribution in [0.5, 0.6) is 0 Å². The molecule has 4 nitrogen and oxygen atoms in total. The molecular weight excluding hydrogens is 306 g/mol. The SMILES string of the molecule is CCNC(=NCC1(C)CCCCC1O)NC1CCCC(SC)C1. The van der Waals surface area contributed by atoms with Crippen LogP contribution in [0.25, 0.3) is 0 Å². The number of aliphatic imine (C=N–C) groups is 1. The fraction of sp³-hybridized carbons (Fsp3) is 0.944. The Morgan fingerprint density at radius 3 is 2.78 bits per heavy atom. The van der Waals surface area contributed by atoms with Crippen molar-refractivity contribution >= 4 is 17.7 Å². The van der Waals surface area contributed by atoms with Crippen molar-refractivity contribution in [3.8, 4) is 0 Å². The second kappa shape index (κ2) is 9.16. The molecule has 0 radical (unpaired) electrons. The van der Waals surface area contributed by atoms with Gasteiger partial charge in [0, 0.05) is 23.3 Å². The van der Waals surface area contributed by atoms with Crippen molar-refractivity contribution in [2.24, 2.45) is 10.4 Å². The fourth-order valence-electron chi connectivity index (χ4n) is 3.83. The zero-order valence-electron chi connectivity index (χ0n) is 15.1. The van der Waals surface area contributed by atoms with Gasteiger partial charge < -0.3 is 15.7 Å². The average Bonchev–Trinajstić information content (AvgIpc) is 2.56. The third kappa shape index (κ3) is 5.56. The zero-order valence-corrected chi connectivity index (χ0v) is 15.9. The molecule has 3 N–H and O–H groups in total. The van der Waals surface area contributed by atoms with Crippen molar-refractivity contribution < 1.29 is 5.11 Å². The minimum absolute atomic E-state index is 0.0605. The number of hydrogen-bond acceptors (Lipinski definition) is 3. The Hall–Kier alpha value is -0.420. The quantitative estimate of drug-likeness (QED) is 0.531. The summed E-state index contributed by atoms with van der Waals surface area (Å²) in [6.45, 7) is 5.89. The molecule has 4 atom stereocenters. The summed E-state index contributed by atoms with van der Waals surface area (Å²) >= 11 is 1.99. The Morgan fingerprint density at radius 2 is 2.09 bits per heavy atom. The lowest BCUT2D eigenvalue weighted by Crippen LogP contribution is -2.47. The predicted molar refractivity (Wildman–Crippen MR) is 101 cm³/mol. The van der Waals surface area contributed by atoms with E-state index in [2.05, 4.69) is 30.7 Å². The van der Waals surface area contributed by atoms with E-state index in [0.29, 0.717) is 12.6 Å². The predicted octanol–water partition coefficient (Wildman–Crippen LogP) is 3.16. The maximum Gasteiger partial charge on any atom is 0.191 e.